The van der Waals surface area contributed by atoms with Gasteiger partial charge in [0.1, 0.15) is 0 Å². The van der Waals surface area contributed by atoms with Gasteiger partial charge in [-0.05, 0) is 36.5 Å². The largest absolute Gasteiger partial charge is 0.204 e. The topological polar surface area (TPSA) is 0 Å². The number of halogens is 2. The van der Waals surface area contributed by atoms with Crippen LogP contribution in [-0.4, -0.2) is 0 Å². The Bertz CT molecular complexity index is 402. The van der Waals surface area contributed by atoms with E-state index in [0.717, 1.165) is 24.8 Å². The van der Waals surface area contributed by atoms with Gasteiger partial charge in [0.2, 0.25) is 0 Å². The summed E-state index contributed by atoms with van der Waals surface area (Å²) >= 11 is 5.77. The Balaban J connectivity index is 2.75. The Morgan fingerprint density at radius 1 is 1.44 bits per heavy atom. The van der Waals surface area contributed by atoms with Crippen LogP contribution in [0.15, 0.2) is 12.1 Å². The fourth-order valence-corrected chi connectivity index (χ4v) is 1.85. The summed E-state index contributed by atoms with van der Waals surface area (Å²) in [6.45, 7) is 4.37. The highest BCUT2D eigenvalue weighted by atomic mass is 35.5. The molecule has 0 atom stereocenters. The molecule has 0 aliphatic heterocycles. The van der Waals surface area contributed by atoms with Crippen LogP contribution in [0, 0.1) is 24.1 Å². The molecule has 0 aliphatic carbocycles. The van der Waals surface area contributed by atoms with Gasteiger partial charge in [-0.3, -0.25) is 0 Å². The second-order valence-corrected chi connectivity index (χ2v) is 4.78. The van der Waals surface area contributed by atoms with Gasteiger partial charge in [-0.25, -0.2) is 4.39 Å². The second-order valence-electron chi connectivity index (χ2n) is 4.37. The minimum absolute atomic E-state index is 0.120. The molecule has 0 bridgehead atoms. The molecule has 1 aromatic carbocycles. The van der Waals surface area contributed by atoms with Crippen molar-refractivity contribution < 1.29 is 4.39 Å². The lowest BCUT2D eigenvalue weighted by atomic mass is 10.0. The Labute approximate surface area is 102 Å². The second kappa shape index (κ2) is 5.92. The van der Waals surface area contributed by atoms with Crippen LogP contribution in [0.3, 0.4) is 0 Å². The van der Waals surface area contributed by atoms with Gasteiger partial charge in [0.15, 0.2) is 5.82 Å². The van der Waals surface area contributed by atoms with Gasteiger partial charge >= 0.3 is 0 Å². The van der Waals surface area contributed by atoms with E-state index in [-0.39, 0.29) is 10.6 Å². The average molecular weight is 239 g/mol. The highest BCUT2D eigenvalue weighted by Gasteiger charge is 2.07. The minimum Gasteiger partial charge on any atom is -0.204 e. The Morgan fingerprint density at radius 2 is 2.12 bits per heavy atom. The minimum atomic E-state index is -0.489. The van der Waals surface area contributed by atoms with Crippen molar-refractivity contribution in [2.75, 3.05) is 0 Å². The third kappa shape index (κ3) is 3.54. The van der Waals surface area contributed by atoms with Gasteiger partial charge in [0.05, 0.1) is 10.6 Å². The third-order valence-corrected chi connectivity index (χ3v) is 2.77. The highest BCUT2D eigenvalue weighted by molar-refractivity contribution is 6.30. The smallest absolute Gasteiger partial charge is 0.157 e. The molecule has 0 fully saturated rings. The van der Waals surface area contributed by atoms with Crippen LogP contribution >= 0.6 is 11.6 Å². The van der Waals surface area contributed by atoms with Crippen LogP contribution in [0.2, 0.25) is 5.02 Å². The monoisotopic (exact) mass is 238 g/mol. The predicted molar refractivity (Wildman–Crippen MR) is 67.1 cm³/mol. The molecule has 0 amide bonds. The van der Waals surface area contributed by atoms with Crippen molar-refractivity contribution in [3.8, 4) is 12.3 Å². The summed E-state index contributed by atoms with van der Waals surface area (Å²) in [5.41, 5.74) is 1.27. The molecule has 0 heterocycles. The van der Waals surface area contributed by atoms with Crippen molar-refractivity contribution >= 4 is 11.6 Å². The number of hydrogen-bond donors (Lipinski definition) is 0. The third-order valence-electron chi connectivity index (χ3n) is 2.49. The van der Waals surface area contributed by atoms with Crippen molar-refractivity contribution in [3.63, 3.8) is 0 Å². The van der Waals surface area contributed by atoms with E-state index in [4.69, 9.17) is 18.0 Å². The molecule has 0 aliphatic rings. The lowest BCUT2D eigenvalue weighted by Gasteiger charge is -2.06. The number of terminal acetylenes is 1. The molecule has 0 saturated carbocycles. The zero-order chi connectivity index (χ0) is 12.1. The number of aryl methyl sites for hydroxylation is 1. The maximum absolute atomic E-state index is 13.4. The molecule has 86 valence electrons. The van der Waals surface area contributed by atoms with Crippen LogP contribution < -0.4 is 0 Å². The molecule has 1 rings (SSSR count). The van der Waals surface area contributed by atoms with Crippen molar-refractivity contribution in [1.82, 2.24) is 0 Å². The van der Waals surface area contributed by atoms with Gasteiger partial charge in [-0.2, -0.15) is 0 Å². The quantitative estimate of drug-likeness (QED) is 0.681. The van der Waals surface area contributed by atoms with Crippen LogP contribution in [0.5, 0.6) is 0 Å². The van der Waals surface area contributed by atoms with E-state index in [9.17, 15) is 4.39 Å². The first-order valence-electron chi connectivity index (χ1n) is 5.49. The normalized spacial score (nSPS) is 10.5. The summed E-state index contributed by atoms with van der Waals surface area (Å²) in [7, 11) is 0. The van der Waals surface area contributed by atoms with Gasteiger partial charge in [-0.15, -0.1) is 6.42 Å². The van der Waals surface area contributed by atoms with E-state index in [1.54, 1.807) is 12.1 Å². The van der Waals surface area contributed by atoms with E-state index in [1.165, 1.54) is 0 Å². The highest BCUT2D eigenvalue weighted by Crippen LogP contribution is 2.21. The fraction of sp³-hybridized carbons (Fsp3) is 0.429. The van der Waals surface area contributed by atoms with Crippen molar-refractivity contribution in [2.24, 2.45) is 5.92 Å². The van der Waals surface area contributed by atoms with Gasteiger partial charge in [0.25, 0.3) is 0 Å². The lowest BCUT2D eigenvalue weighted by Crippen LogP contribution is -1.94. The molecule has 0 N–H and O–H groups in total. The van der Waals surface area contributed by atoms with Crippen molar-refractivity contribution in [3.05, 3.63) is 34.1 Å². The lowest BCUT2D eigenvalue weighted by molar-refractivity contribution is 0.555. The Morgan fingerprint density at radius 3 is 2.69 bits per heavy atom. The molecule has 0 unspecified atom stereocenters. The molecule has 0 saturated heterocycles. The maximum Gasteiger partial charge on any atom is 0.157 e. The SMILES string of the molecule is C#Cc1cc(CCCC(C)C)cc(Cl)c1F. The molecule has 2 heteroatoms. The summed E-state index contributed by atoms with van der Waals surface area (Å²) in [6, 6.07) is 3.37. The predicted octanol–water partition coefficient (Wildman–Crippen LogP) is 4.44. The van der Waals surface area contributed by atoms with E-state index in [0.29, 0.717) is 5.92 Å². The van der Waals surface area contributed by atoms with Crippen LogP contribution in [-0.2, 0) is 6.42 Å². The summed E-state index contributed by atoms with van der Waals surface area (Å²) in [5.74, 6) is 2.51. The molecule has 0 radical (unpaired) electrons. The molecular formula is C14H16ClF. The number of benzene rings is 1. The molecule has 1 aromatic rings. The zero-order valence-electron chi connectivity index (χ0n) is 9.69. The molecular weight excluding hydrogens is 223 g/mol. The van der Waals surface area contributed by atoms with E-state index >= 15 is 0 Å². The van der Waals surface area contributed by atoms with Gasteiger partial charge in [0, 0.05) is 0 Å². The maximum atomic E-state index is 13.4. The van der Waals surface area contributed by atoms with Gasteiger partial charge in [-0.1, -0.05) is 37.8 Å². The van der Waals surface area contributed by atoms with Crippen molar-refractivity contribution in [1.29, 1.82) is 0 Å². The van der Waals surface area contributed by atoms with Crippen LogP contribution in [0.1, 0.15) is 37.8 Å². The van der Waals surface area contributed by atoms with Crippen LogP contribution in [0.25, 0.3) is 0 Å². The first kappa shape index (κ1) is 13.1. The number of rotatable bonds is 4. The molecule has 0 spiro atoms. The molecule has 0 nitrogen and oxygen atoms in total. The van der Waals surface area contributed by atoms with E-state index in [1.807, 2.05) is 0 Å². The number of hydrogen-bond acceptors (Lipinski definition) is 0. The summed E-state index contributed by atoms with van der Waals surface area (Å²) in [4.78, 5) is 0. The van der Waals surface area contributed by atoms with Crippen LogP contribution in [0.4, 0.5) is 4.39 Å². The van der Waals surface area contributed by atoms with E-state index in [2.05, 4.69) is 19.8 Å². The summed E-state index contributed by atoms with van der Waals surface area (Å²) < 4.78 is 13.4. The van der Waals surface area contributed by atoms with Gasteiger partial charge < -0.3 is 0 Å². The van der Waals surface area contributed by atoms with Crippen molar-refractivity contribution in [2.45, 2.75) is 33.1 Å². The Hall–Kier alpha value is -1.00. The standard InChI is InChI=1S/C14H16ClF/c1-4-12-8-11(7-5-6-10(2)3)9-13(15)14(12)16/h1,8-10H,5-7H2,2-3H3. The zero-order valence-corrected chi connectivity index (χ0v) is 10.4. The molecule has 16 heavy (non-hydrogen) atoms. The average Bonchev–Trinajstić information content (AvgIpc) is 2.22. The first-order valence-corrected chi connectivity index (χ1v) is 5.87. The summed E-state index contributed by atoms with van der Waals surface area (Å²) in [6.07, 6.45) is 8.34. The summed E-state index contributed by atoms with van der Waals surface area (Å²) in [5, 5.41) is 0.120. The molecule has 0 aromatic heterocycles. The Kier molecular flexibility index (Phi) is 4.83. The van der Waals surface area contributed by atoms with E-state index < -0.39 is 5.82 Å². The fourth-order valence-electron chi connectivity index (χ4n) is 1.61. The first-order chi connectivity index (χ1) is 7.54.